The number of ether oxygens (including phenoxy) is 1. The van der Waals surface area contributed by atoms with Crippen molar-refractivity contribution in [2.24, 2.45) is 7.05 Å². The van der Waals surface area contributed by atoms with Gasteiger partial charge in [0.15, 0.2) is 5.82 Å². The maximum atomic E-state index is 15.8. The Morgan fingerprint density at radius 1 is 1.02 bits per heavy atom. The van der Waals surface area contributed by atoms with Gasteiger partial charge in [0.1, 0.15) is 17.0 Å². The Balaban J connectivity index is 1.57. The number of rotatable bonds is 1. The largest absolute Gasteiger partial charge is 0.475 e. The van der Waals surface area contributed by atoms with Crippen molar-refractivity contribution in [3.05, 3.63) is 51.6 Å². The fraction of sp³-hybridized carbons (Fsp3) is 0.562. The van der Waals surface area contributed by atoms with Gasteiger partial charge in [-0.05, 0) is 58.8 Å². The molecular formula is C32H42F3N7O3. The van der Waals surface area contributed by atoms with Gasteiger partial charge in [-0.2, -0.15) is 0 Å². The summed E-state index contributed by atoms with van der Waals surface area (Å²) in [6.07, 6.45) is 2.24. The minimum absolute atomic E-state index is 0.0168. The highest BCUT2D eigenvalue weighted by Gasteiger charge is 2.35. The van der Waals surface area contributed by atoms with Crippen molar-refractivity contribution in [2.75, 3.05) is 63.1 Å². The molecule has 2 aromatic heterocycles. The number of carbonyl (C=O) groups is 1. The third-order valence-electron chi connectivity index (χ3n) is 8.86. The molecule has 1 amide bonds. The third kappa shape index (κ3) is 7.03. The Morgan fingerprint density at radius 3 is 2.49 bits per heavy atom. The number of benzene rings is 1. The van der Waals surface area contributed by atoms with E-state index in [2.05, 4.69) is 15.5 Å². The highest BCUT2D eigenvalue weighted by Crippen LogP contribution is 2.38. The number of piperazine rings is 1. The number of anilines is 2. The van der Waals surface area contributed by atoms with Crippen LogP contribution in [0.3, 0.4) is 0 Å². The van der Waals surface area contributed by atoms with Gasteiger partial charge >= 0.3 is 0 Å². The summed E-state index contributed by atoms with van der Waals surface area (Å²) in [5.41, 5.74) is 0.0354. The predicted octanol–water partition coefficient (Wildman–Crippen LogP) is 4.68. The molecule has 6 rings (SSSR count). The number of alkyl halides is 2. The van der Waals surface area contributed by atoms with Gasteiger partial charge in [-0.3, -0.25) is 9.59 Å². The lowest BCUT2D eigenvalue weighted by molar-refractivity contribution is -0.129. The van der Waals surface area contributed by atoms with Gasteiger partial charge < -0.3 is 29.3 Å². The van der Waals surface area contributed by atoms with Crippen molar-refractivity contribution in [3.8, 4) is 5.88 Å². The summed E-state index contributed by atoms with van der Waals surface area (Å²) in [4.78, 5) is 31.2. The number of hydrogen-bond acceptors (Lipinski definition) is 8. The standard InChI is InChI=1S/C32H42F3N7O3/c1-21-23-10-8-11-25(27(23)33)32(34,35)12-9-14-39(3)13-6-5-7-19-45-30-28-24(29(36-21)37-38-30)20-26(31(44)40(28)4)42-17-15-41(16-18-42)22(2)43/h8,10-11,20-21H,5-7,9,12-19H2,1-4H3,(H,36,37)/t21-/m1/s1. The number of nitrogens with zero attached hydrogens (tertiary/aromatic N) is 6. The Hall–Kier alpha value is -3.87. The molecule has 5 heterocycles. The monoisotopic (exact) mass is 629 g/mol. The summed E-state index contributed by atoms with van der Waals surface area (Å²) in [5, 5.41) is 12.4. The van der Waals surface area contributed by atoms with Crippen LogP contribution in [0.1, 0.15) is 63.1 Å². The molecule has 0 aliphatic carbocycles. The lowest BCUT2D eigenvalue weighted by atomic mass is 9.97. The number of amides is 1. The van der Waals surface area contributed by atoms with Crippen LogP contribution in [0.5, 0.6) is 5.88 Å². The van der Waals surface area contributed by atoms with Crippen LogP contribution in [0.4, 0.5) is 24.7 Å². The number of pyridine rings is 1. The zero-order chi connectivity index (χ0) is 32.3. The SMILES string of the molecule is CC(=O)N1CCN(c2cc3c4nnc(c3n(C)c2=O)OCCCCCN(C)CCCC(F)(F)c2cccc(c2F)[C@@H](C)N4)CC1. The molecule has 13 heteroatoms. The first-order chi connectivity index (χ1) is 21.5. The highest BCUT2D eigenvalue weighted by molar-refractivity contribution is 5.94. The molecule has 4 bridgehead atoms. The van der Waals surface area contributed by atoms with Crippen LogP contribution < -0.4 is 20.5 Å². The first kappa shape index (κ1) is 32.5. The van der Waals surface area contributed by atoms with E-state index < -0.39 is 29.8 Å². The summed E-state index contributed by atoms with van der Waals surface area (Å²) >= 11 is 0. The van der Waals surface area contributed by atoms with Gasteiger partial charge in [0.05, 0.1) is 23.6 Å². The van der Waals surface area contributed by atoms with E-state index in [9.17, 15) is 9.59 Å². The lowest BCUT2D eigenvalue weighted by Gasteiger charge is -2.35. The maximum absolute atomic E-state index is 15.8. The van der Waals surface area contributed by atoms with E-state index in [0.717, 1.165) is 31.9 Å². The minimum Gasteiger partial charge on any atom is -0.475 e. The van der Waals surface area contributed by atoms with Crippen molar-refractivity contribution in [1.82, 2.24) is 24.6 Å². The van der Waals surface area contributed by atoms with Crippen molar-refractivity contribution in [1.29, 1.82) is 0 Å². The van der Waals surface area contributed by atoms with Gasteiger partial charge in [0, 0.05) is 52.1 Å². The molecule has 0 unspecified atom stereocenters. The van der Waals surface area contributed by atoms with E-state index in [1.165, 1.54) is 23.6 Å². The summed E-state index contributed by atoms with van der Waals surface area (Å²) in [6.45, 7) is 6.71. The molecular weight excluding hydrogens is 587 g/mol. The van der Waals surface area contributed by atoms with Crippen molar-refractivity contribution >= 4 is 28.3 Å². The van der Waals surface area contributed by atoms with E-state index in [1.807, 2.05) is 16.8 Å². The second-order valence-corrected chi connectivity index (χ2v) is 12.1. The molecule has 3 aliphatic heterocycles. The average Bonchev–Trinajstić information content (AvgIpc) is 3.00. The van der Waals surface area contributed by atoms with Gasteiger partial charge in [-0.15, -0.1) is 10.2 Å². The first-order valence-electron chi connectivity index (χ1n) is 15.6. The van der Waals surface area contributed by atoms with Crippen molar-refractivity contribution < 1.29 is 22.7 Å². The Kier molecular flexibility index (Phi) is 9.85. The van der Waals surface area contributed by atoms with Crippen molar-refractivity contribution in [3.63, 3.8) is 0 Å². The predicted molar refractivity (Wildman–Crippen MR) is 168 cm³/mol. The molecule has 10 nitrogen and oxygen atoms in total. The van der Waals surface area contributed by atoms with Crippen LogP contribution >= 0.6 is 0 Å². The van der Waals surface area contributed by atoms with E-state index in [0.29, 0.717) is 55.9 Å². The molecule has 244 valence electrons. The number of hydrogen-bond donors (Lipinski definition) is 1. The molecule has 3 aromatic rings. The molecule has 45 heavy (non-hydrogen) atoms. The molecule has 0 radical (unpaired) electrons. The van der Waals surface area contributed by atoms with Crippen LogP contribution in [0.25, 0.3) is 10.9 Å². The second kappa shape index (κ2) is 13.6. The average molecular weight is 630 g/mol. The number of fused-ring (bicyclic) bond motifs is 12. The molecule has 1 saturated heterocycles. The molecule has 1 atom stereocenters. The summed E-state index contributed by atoms with van der Waals surface area (Å²) < 4.78 is 53.9. The minimum atomic E-state index is -3.33. The smallest absolute Gasteiger partial charge is 0.276 e. The summed E-state index contributed by atoms with van der Waals surface area (Å²) in [5.74, 6) is -3.84. The fourth-order valence-electron chi connectivity index (χ4n) is 6.15. The van der Waals surface area contributed by atoms with E-state index in [-0.39, 0.29) is 35.1 Å². The van der Waals surface area contributed by atoms with Gasteiger partial charge in [0.25, 0.3) is 17.4 Å². The molecule has 1 fully saturated rings. The van der Waals surface area contributed by atoms with Gasteiger partial charge in [0.2, 0.25) is 5.91 Å². The van der Waals surface area contributed by atoms with Crippen LogP contribution in [-0.2, 0) is 17.8 Å². The second-order valence-electron chi connectivity index (χ2n) is 12.1. The molecule has 1 aromatic carbocycles. The quantitative estimate of drug-likeness (QED) is 0.415. The number of halogens is 3. The Labute approximate surface area is 261 Å². The first-order valence-corrected chi connectivity index (χ1v) is 15.6. The molecule has 0 saturated carbocycles. The number of nitrogens with one attached hydrogen (secondary N) is 1. The van der Waals surface area contributed by atoms with Gasteiger partial charge in [-0.25, -0.2) is 13.2 Å². The van der Waals surface area contributed by atoms with E-state index in [1.54, 1.807) is 24.9 Å². The zero-order valence-corrected chi connectivity index (χ0v) is 26.4. The Bertz CT molecular complexity index is 1590. The van der Waals surface area contributed by atoms with Gasteiger partial charge in [-0.1, -0.05) is 18.2 Å². The van der Waals surface area contributed by atoms with E-state index in [4.69, 9.17) is 4.74 Å². The third-order valence-corrected chi connectivity index (χ3v) is 8.86. The van der Waals surface area contributed by atoms with Crippen LogP contribution in [0, 0.1) is 5.82 Å². The Morgan fingerprint density at radius 2 is 1.76 bits per heavy atom. The maximum Gasteiger partial charge on any atom is 0.276 e. The fourth-order valence-corrected chi connectivity index (χ4v) is 6.15. The van der Waals surface area contributed by atoms with Crippen LogP contribution in [0.15, 0.2) is 29.1 Å². The molecule has 0 spiro atoms. The van der Waals surface area contributed by atoms with Crippen molar-refractivity contribution in [2.45, 2.75) is 57.9 Å². The molecule has 3 aliphatic rings. The lowest BCUT2D eigenvalue weighted by Crippen LogP contribution is -2.49. The van der Waals surface area contributed by atoms with Crippen LogP contribution in [0.2, 0.25) is 0 Å². The van der Waals surface area contributed by atoms with E-state index >= 15 is 13.2 Å². The highest BCUT2D eigenvalue weighted by atomic mass is 19.3. The van der Waals surface area contributed by atoms with Crippen LogP contribution in [-0.4, -0.2) is 83.4 Å². The number of aromatic nitrogens is 3. The summed E-state index contributed by atoms with van der Waals surface area (Å²) in [7, 11) is 3.54. The zero-order valence-electron chi connectivity index (χ0n) is 26.4. The summed E-state index contributed by atoms with van der Waals surface area (Å²) in [6, 6.07) is 5.04. The normalized spacial score (nSPS) is 20.5. The molecule has 1 N–H and O–H groups in total. The number of carbonyl (C=O) groups excluding carboxylic acids is 1. The number of aryl methyl sites for hydroxylation is 1. The topological polar surface area (TPSA) is 95.8 Å².